The molecule has 1 aromatic heterocycles. The van der Waals surface area contributed by atoms with Crippen LogP contribution in [0.4, 0.5) is 0 Å². The normalized spacial score (nSPS) is 10.3. The Bertz CT molecular complexity index is 412. The summed E-state index contributed by atoms with van der Waals surface area (Å²) in [6.45, 7) is 0. The van der Waals surface area contributed by atoms with Gasteiger partial charge in [-0.25, -0.2) is 4.98 Å². The van der Waals surface area contributed by atoms with Crippen LogP contribution in [0.15, 0.2) is 35.3 Å². The van der Waals surface area contributed by atoms with Crippen LogP contribution in [0.2, 0.25) is 10.0 Å². The van der Waals surface area contributed by atoms with Crippen LogP contribution in [0, 0.1) is 0 Å². The summed E-state index contributed by atoms with van der Waals surface area (Å²) in [6.07, 6.45) is 2.88. The topological polar surface area (TPSA) is 26.0 Å². The number of benzene rings is 1. The van der Waals surface area contributed by atoms with E-state index in [0.29, 0.717) is 15.7 Å². The van der Waals surface area contributed by atoms with E-state index >= 15 is 0 Å². The zero-order valence-corrected chi connectivity index (χ0v) is 8.01. The molecule has 13 heavy (non-hydrogen) atoms. The first-order valence-electron chi connectivity index (χ1n) is 3.61. The molecule has 66 valence electrons. The molecule has 4 heteroatoms. The van der Waals surface area contributed by atoms with E-state index in [0.717, 1.165) is 5.56 Å². The highest BCUT2D eigenvalue weighted by Crippen LogP contribution is 2.32. The van der Waals surface area contributed by atoms with Gasteiger partial charge in [-0.1, -0.05) is 35.3 Å². The lowest BCUT2D eigenvalue weighted by atomic mass is 10.2. The third-order valence-electron chi connectivity index (χ3n) is 1.66. The first-order valence-corrected chi connectivity index (χ1v) is 4.37. The molecule has 0 fully saturated rings. The predicted octanol–water partition coefficient (Wildman–Crippen LogP) is 3.65. The zero-order chi connectivity index (χ0) is 9.26. The van der Waals surface area contributed by atoms with Gasteiger partial charge in [0.25, 0.3) is 0 Å². The molecule has 0 spiro atoms. The molecular formula is C9H5Cl2NO. The monoisotopic (exact) mass is 213 g/mol. The first-order chi connectivity index (χ1) is 6.29. The third-order valence-corrected chi connectivity index (χ3v) is 2.48. The zero-order valence-electron chi connectivity index (χ0n) is 6.50. The van der Waals surface area contributed by atoms with Crippen LogP contribution in [0.1, 0.15) is 0 Å². The maximum Gasteiger partial charge on any atom is 0.181 e. The number of halogens is 2. The van der Waals surface area contributed by atoms with E-state index in [4.69, 9.17) is 27.6 Å². The van der Waals surface area contributed by atoms with Crippen LogP contribution in [-0.4, -0.2) is 4.98 Å². The van der Waals surface area contributed by atoms with Gasteiger partial charge in [0.1, 0.15) is 12.0 Å². The van der Waals surface area contributed by atoms with Crippen molar-refractivity contribution in [3.05, 3.63) is 40.9 Å². The number of hydrogen-bond donors (Lipinski definition) is 0. The van der Waals surface area contributed by atoms with Crippen molar-refractivity contribution in [1.82, 2.24) is 4.98 Å². The van der Waals surface area contributed by atoms with Crippen LogP contribution in [0.25, 0.3) is 11.3 Å². The van der Waals surface area contributed by atoms with Crippen LogP contribution in [0.3, 0.4) is 0 Å². The van der Waals surface area contributed by atoms with Crippen molar-refractivity contribution in [3.63, 3.8) is 0 Å². The van der Waals surface area contributed by atoms with E-state index in [2.05, 4.69) is 4.98 Å². The largest absolute Gasteiger partial charge is 0.451 e. The van der Waals surface area contributed by atoms with E-state index in [1.54, 1.807) is 6.07 Å². The number of hydrogen-bond acceptors (Lipinski definition) is 2. The quantitative estimate of drug-likeness (QED) is 0.723. The molecule has 0 aliphatic heterocycles. The van der Waals surface area contributed by atoms with Gasteiger partial charge in [0.15, 0.2) is 6.39 Å². The first kappa shape index (κ1) is 8.60. The van der Waals surface area contributed by atoms with Crippen LogP contribution < -0.4 is 0 Å². The van der Waals surface area contributed by atoms with Crippen molar-refractivity contribution in [2.75, 3.05) is 0 Å². The second-order valence-electron chi connectivity index (χ2n) is 2.48. The molecule has 2 rings (SSSR count). The van der Waals surface area contributed by atoms with E-state index in [1.807, 2.05) is 12.1 Å². The molecule has 0 unspecified atom stereocenters. The molecule has 0 saturated heterocycles. The summed E-state index contributed by atoms with van der Waals surface area (Å²) in [7, 11) is 0. The maximum absolute atomic E-state index is 5.97. The van der Waals surface area contributed by atoms with Crippen molar-refractivity contribution in [2.24, 2.45) is 0 Å². The Kier molecular flexibility index (Phi) is 2.25. The average Bonchev–Trinajstić information content (AvgIpc) is 2.62. The van der Waals surface area contributed by atoms with Gasteiger partial charge in [-0.3, -0.25) is 0 Å². The number of rotatable bonds is 1. The highest BCUT2D eigenvalue weighted by Gasteiger charge is 2.08. The molecule has 0 radical (unpaired) electrons. The van der Waals surface area contributed by atoms with Crippen molar-refractivity contribution >= 4 is 23.2 Å². The van der Waals surface area contributed by atoms with Crippen LogP contribution >= 0.6 is 23.2 Å². The summed E-state index contributed by atoms with van der Waals surface area (Å²) >= 11 is 11.8. The van der Waals surface area contributed by atoms with Crippen molar-refractivity contribution in [1.29, 1.82) is 0 Å². The summed E-state index contributed by atoms with van der Waals surface area (Å²) in [6, 6.07) is 5.39. The molecule has 2 nitrogen and oxygen atoms in total. The molecule has 0 aliphatic carbocycles. The van der Waals surface area contributed by atoms with Gasteiger partial charge >= 0.3 is 0 Å². The Morgan fingerprint density at radius 3 is 2.77 bits per heavy atom. The minimum Gasteiger partial charge on any atom is -0.451 e. The average molecular weight is 214 g/mol. The smallest absolute Gasteiger partial charge is 0.181 e. The highest BCUT2D eigenvalue weighted by atomic mass is 35.5. The molecule has 1 aromatic carbocycles. The van der Waals surface area contributed by atoms with Crippen molar-refractivity contribution in [2.45, 2.75) is 0 Å². The minimum absolute atomic E-state index is 0.498. The lowest BCUT2D eigenvalue weighted by Gasteiger charge is -2.00. The number of oxazole rings is 1. The van der Waals surface area contributed by atoms with E-state index in [1.165, 1.54) is 12.7 Å². The Morgan fingerprint density at radius 2 is 2.08 bits per heavy atom. The molecule has 0 saturated carbocycles. The molecule has 0 bridgehead atoms. The van der Waals surface area contributed by atoms with Crippen LogP contribution in [-0.2, 0) is 0 Å². The SMILES string of the molecule is Clc1cccc(-c2cocn2)c1Cl. The standard InChI is InChI=1S/C9H5Cl2NO/c10-7-3-1-2-6(9(7)11)8-4-13-5-12-8/h1-5H. The number of nitrogens with zero attached hydrogens (tertiary/aromatic N) is 1. The molecule has 2 aromatic rings. The maximum atomic E-state index is 5.97. The lowest BCUT2D eigenvalue weighted by molar-refractivity contribution is 0.558. The molecule has 0 N–H and O–H groups in total. The lowest BCUT2D eigenvalue weighted by Crippen LogP contribution is -1.79. The third kappa shape index (κ3) is 1.55. The minimum atomic E-state index is 0.498. The highest BCUT2D eigenvalue weighted by molar-refractivity contribution is 6.43. The second-order valence-corrected chi connectivity index (χ2v) is 3.26. The molecule has 0 amide bonds. The van der Waals surface area contributed by atoms with E-state index in [-0.39, 0.29) is 0 Å². The summed E-state index contributed by atoms with van der Waals surface area (Å²) in [5.74, 6) is 0. The van der Waals surface area contributed by atoms with Gasteiger partial charge in [-0.05, 0) is 6.07 Å². The fourth-order valence-electron chi connectivity index (χ4n) is 1.05. The van der Waals surface area contributed by atoms with Crippen molar-refractivity contribution < 1.29 is 4.42 Å². The van der Waals surface area contributed by atoms with Gasteiger partial charge in [-0.2, -0.15) is 0 Å². The van der Waals surface area contributed by atoms with Gasteiger partial charge in [0.2, 0.25) is 0 Å². The second kappa shape index (κ2) is 3.40. The summed E-state index contributed by atoms with van der Waals surface area (Å²) in [5.41, 5.74) is 1.47. The predicted molar refractivity (Wildman–Crippen MR) is 52.0 cm³/mol. The summed E-state index contributed by atoms with van der Waals surface area (Å²) in [4.78, 5) is 3.98. The summed E-state index contributed by atoms with van der Waals surface area (Å²) < 4.78 is 4.85. The molecule has 0 atom stereocenters. The van der Waals surface area contributed by atoms with Gasteiger partial charge in [0.05, 0.1) is 10.0 Å². The van der Waals surface area contributed by atoms with Gasteiger partial charge in [0, 0.05) is 5.56 Å². The number of aromatic nitrogens is 1. The van der Waals surface area contributed by atoms with Crippen molar-refractivity contribution in [3.8, 4) is 11.3 Å². The van der Waals surface area contributed by atoms with Gasteiger partial charge < -0.3 is 4.42 Å². The van der Waals surface area contributed by atoms with E-state index < -0.39 is 0 Å². The fraction of sp³-hybridized carbons (Fsp3) is 0. The Morgan fingerprint density at radius 1 is 1.23 bits per heavy atom. The summed E-state index contributed by atoms with van der Waals surface area (Å²) in [5, 5.41) is 1.01. The van der Waals surface area contributed by atoms with E-state index in [9.17, 15) is 0 Å². The fourth-order valence-corrected chi connectivity index (χ4v) is 1.44. The molecule has 1 heterocycles. The molecule has 0 aliphatic rings. The Balaban J connectivity index is 2.59. The van der Waals surface area contributed by atoms with Gasteiger partial charge in [-0.15, -0.1) is 0 Å². The molecular weight excluding hydrogens is 209 g/mol. The van der Waals surface area contributed by atoms with Crippen LogP contribution in [0.5, 0.6) is 0 Å². The Hall–Kier alpha value is -0.990. The Labute approximate surface area is 85.1 Å².